The average molecular weight is 285 g/mol. The molecule has 0 fully saturated rings. The maximum Gasteiger partial charge on any atom is 0.137 e. The van der Waals surface area contributed by atoms with Crippen LogP contribution in [0.1, 0.15) is 5.56 Å². The van der Waals surface area contributed by atoms with Gasteiger partial charge in [-0.1, -0.05) is 17.7 Å². The lowest BCUT2D eigenvalue weighted by molar-refractivity contribution is 0.994. The molecule has 0 radical (unpaired) electrons. The smallest absolute Gasteiger partial charge is 0.137 e. The second-order valence-corrected chi connectivity index (χ2v) is 4.86. The second-order valence-electron chi connectivity index (χ2n) is 4.42. The molecule has 0 saturated heterocycles. The normalized spacial score (nSPS) is 10.7. The lowest BCUT2D eigenvalue weighted by atomic mass is 10.2. The zero-order valence-electron chi connectivity index (χ0n) is 10.8. The van der Waals surface area contributed by atoms with E-state index in [1.165, 1.54) is 5.56 Å². The first kappa shape index (κ1) is 12.8. The quantitative estimate of drug-likeness (QED) is 0.798. The van der Waals surface area contributed by atoms with Crippen molar-refractivity contribution in [3.63, 3.8) is 0 Å². The lowest BCUT2D eigenvalue weighted by Crippen LogP contribution is -2.07. The van der Waals surface area contributed by atoms with Crippen LogP contribution in [-0.2, 0) is 6.42 Å². The van der Waals surface area contributed by atoms with E-state index in [-0.39, 0.29) is 0 Å². The van der Waals surface area contributed by atoms with E-state index >= 15 is 0 Å². The molecule has 3 rings (SSSR count). The fourth-order valence-electron chi connectivity index (χ4n) is 2.04. The number of rotatable bonds is 4. The van der Waals surface area contributed by atoms with E-state index in [0.717, 1.165) is 29.7 Å². The molecule has 1 aromatic carbocycles. The number of aromatic nitrogens is 3. The summed E-state index contributed by atoms with van der Waals surface area (Å²) < 4.78 is 0. The van der Waals surface area contributed by atoms with Crippen molar-refractivity contribution >= 4 is 28.3 Å². The summed E-state index contributed by atoms with van der Waals surface area (Å²) in [6.07, 6.45) is 6.09. The van der Waals surface area contributed by atoms with Crippen LogP contribution in [0.15, 0.2) is 49.1 Å². The Bertz CT molecular complexity index is 715. The Hall–Kier alpha value is -2.20. The molecular weight excluding hydrogens is 272 g/mol. The standard InChI is InChI=1S/C15H13ClN4/c16-12-3-4-13-14(8-12)19-10-20-15(13)18-7-5-11-2-1-6-17-9-11/h1-4,6,8-10H,5,7H2,(H,18,19,20). The van der Waals surface area contributed by atoms with E-state index in [4.69, 9.17) is 11.6 Å². The minimum absolute atomic E-state index is 0.678. The molecule has 1 N–H and O–H groups in total. The van der Waals surface area contributed by atoms with Crippen molar-refractivity contribution < 1.29 is 0 Å². The van der Waals surface area contributed by atoms with E-state index in [9.17, 15) is 0 Å². The van der Waals surface area contributed by atoms with Gasteiger partial charge in [0.05, 0.1) is 5.52 Å². The number of halogens is 1. The van der Waals surface area contributed by atoms with Crippen molar-refractivity contribution in [2.45, 2.75) is 6.42 Å². The monoisotopic (exact) mass is 284 g/mol. The maximum absolute atomic E-state index is 5.97. The zero-order valence-corrected chi connectivity index (χ0v) is 11.5. The van der Waals surface area contributed by atoms with Crippen LogP contribution in [0.4, 0.5) is 5.82 Å². The summed E-state index contributed by atoms with van der Waals surface area (Å²) in [5.41, 5.74) is 2.04. The summed E-state index contributed by atoms with van der Waals surface area (Å²) in [7, 11) is 0. The molecule has 3 aromatic rings. The average Bonchev–Trinajstić information content (AvgIpc) is 2.48. The summed E-state index contributed by atoms with van der Waals surface area (Å²) in [4.78, 5) is 12.6. The van der Waals surface area contributed by atoms with Crippen LogP contribution < -0.4 is 5.32 Å². The van der Waals surface area contributed by atoms with Gasteiger partial charge in [-0.3, -0.25) is 4.98 Å². The van der Waals surface area contributed by atoms with Crippen molar-refractivity contribution in [3.8, 4) is 0 Å². The molecule has 0 bridgehead atoms. The molecule has 0 spiro atoms. The molecule has 0 aliphatic rings. The summed E-state index contributed by atoms with van der Waals surface area (Å²) >= 11 is 5.97. The molecular formula is C15H13ClN4. The number of anilines is 1. The first-order chi connectivity index (χ1) is 9.83. The summed E-state index contributed by atoms with van der Waals surface area (Å²) in [6, 6.07) is 9.62. The number of benzene rings is 1. The molecule has 2 heterocycles. The molecule has 0 saturated carbocycles. The maximum atomic E-state index is 5.97. The van der Waals surface area contributed by atoms with Crippen molar-refractivity contribution in [3.05, 3.63) is 59.6 Å². The Balaban J connectivity index is 1.74. The number of pyridine rings is 1. The highest BCUT2D eigenvalue weighted by atomic mass is 35.5. The first-order valence-electron chi connectivity index (χ1n) is 6.36. The summed E-state index contributed by atoms with van der Waals surface area (Å²) in [6.45, 7) is 0.792. The van der Waals surface area contributed by atoms with Crippen molar-refractivity contribution in [1.29, 1.82) is 0 Å². The Morgan fingerprint density at radius 3 is 2.95 bits per heavy atom. The van der Waals surface area contributed by atoms with Gasteiger partial charge in [-0.2, -0.15) is 0 Å². The van der Waals surface area contributed by atoms with E-state index in [2.05, 4.69) is 26.3 Å². The highest BCUT2D eigenvalue weighted by Gasteiger charge is 2.03. The fraction of sp³-hybridized carbons (Fsp3) is 0.133. The molecule has 100 valence electrons. The Morgan fingerprint density at radius 1 is 1.15 bits per heavy atom. The number of nitrogens with one attached hydrogen (secondary N) is 1. The van der Waals surface area contributed by atoms with Gasteiger partial charge in [-0.25, -0.2) is 9.97 Å². The van der Waals surface area contributed by atoms with E-state index in [0.29, 0.717) is 5.02 Å². The summed E-state index contributed by atoms with van der Waals surface area (Å²) in [5.74, 6) is 0.829. The van der Waals surface area contributed by atoms with Gasteiger partial charge in [0.1, 0.15) is 12.1 Å². The molecule has 0 aliphatic heterocycles. The first-order valence-corrected chi connectivity index (χ1v) is 6.74. The third kappa shape index (κ3) is 2.86. The van der Waals surface area contributed by atoms with Crippen LogP contribution in [0.2, 0.25) is 5.02 Å². The third-order valence-corrected chi connectivity index (χ3v) is 3.26. The topological polar surface area (TPSA) is 50.7 Å². The molecule has 2 aromatic heterocycles. The van der Waals surface area contributed by atoms with Gasteiger partial charge in [0.2, 0.25) is 0 Å². The highest BCUT2D eigenvalue weighted by molar-refractivity contribution is 6.31. The van der Waals surface area contributed by atoms with E-state index < -0.39 is 0 Å². The lowest BCUT2D eigenvalue weighted by Gasteiger charge is -2.08. The van der Waals surface area contributed by atoms with Gasteiger partial charge >= 0.3 is 0 Å². The van der Waals surface area contributed by atoms with E-state index in [1.807, 2.05) is 30.5 Å². The molecule has 4 nitrogen and oxygen atoms in total. The van der Waals surface area contributed by atoms with Crippen LogP contribution in [0.25, 0.3) is 10.9 Å². The number of hydrogen-bond acceptors (Lipinski definition) is 4. The van der Waals surface area contributed by atoms with Crippen LogP contribution in [-0.4, -0.2) is 21.5 Å². The van der Waals surface area contributed by atoms with Crippen LogP contribution in [0.5, 0.6) is 0 Å². The Morgan fingerprint density at radius 2 is 2.10 bits per heavy atom. The molecule has 5 heteroatoms. The number of nitrogens with zero attached hydrogens (tertiary/aromatic N) is 3. The van der Waals surface area contributed by atoms with Gasteiger partial charge < -0.3 is 5.32 Å². The second kappa shape index (κ2) is 5.84. The van der Waals surface area contributed by atoms with Gasteiger partial charge in [0, 0.05) is 29.3 Å². The number of hydrogen-bond donors (Lipinski definition) is 1. The minimum Gasteiger partial charge on any atom is -0.369 e. The van der Waals surface area contributed by atoms with E-state index in [1.54, 1.807) is 12.5 Å². The minimum atomic E-state index is 0.678. The predicted octanol–water partition coefficient (Wildman–Crippen LogP) is 3.33. The molecule has 0 atom stereocenters. The molecule has 20 heavy (non-hydrogen) atoms. The molecule has 0 aliphatic carbocycles. The number of fused-ring (bicyclic) bond motifs is 1. The SMILES string of the molecule is Clc1ccc2c(NCCc3cccnc3)ncnc2c1. The van der Waals surface area contributed by atoms with Gasteiger partial charge in [0.25, 0.3) is 0 Å². The third-order valence-electron chi connectivity index (χ3n) is 3.03. The van der Waals surface area contributed by atoms with Crippen molar-refractivity contribution in [2.24, 2.45) is 0 Å². The predicted molar refractivity (Wildman–Crippen MR) is 81.0 cm³/mol. The molecule has 0 unspecified atom stereocenters. The van der Waals surface area contributed by atoms with Crippen molar-refractivity contribution in [1.82, 2.24) is 15.0 Å². The van der Waals surface area contributed by atoms with Gasteiger partial charge in [-0.05, 0) is 36.2 Å². The Kier molecular flexibility index (Phi) is 3.74. The van der Waals surface area contributed by atoms with Crippen LogP contribution in [0.3, 0.4) is 0 Å². The van der Waals surface area contributed by atoms with Gasteiger partial charge in [0.15, 0.2) is 0 Å². The van der Waals surface area contributed by atoms with Gasteiger partial charge in [-0.15, -0.1) is 0 Å². The van der Waals surface area contributed by atoms with Crippen LogP contribution >= 0.6 is 11.6 Å². The largest absolute Gasteiger partial charge is 0.369 e. The fourth-order valence-corrected chi connectivity index (χ4v) is 2.21. The van der Waals surface area contributed by atoms with Crippen molar-refractivity contribution in [2.75, 3.05) is 11.9 Å². The van der Waals surface area contributed by atoms with Crippen LogP contribution in [0, 0.1) is 0 Å². The highest BCUT2D eigenvalue weighted by Crippen LogP contribution is 2.22. The zero-order chi connectivity index (χ0) is 13.8. The Labute approximate surface area is 121 Å². The summed E-state index contributed by atoms with van der Waals surface area (Å²) in [5, 5.41) is 4.99. The molecule has 0 amide bonds.